The molecule has 0 aliphatic rings. The molecule has 0 saturated heterocycles. The number of aromatic nitrogens is 2. The molecule has 1 aromatic heterocycles. The standard InChI is InChI=1S/C13H16N4O3/c14-10-1-3-11(4-2-10)19-8-6-13(18)15-7-5-12-16-9-20-17-12/h1-4,9H,5-8,14H2,(H,15,18). The number of nitrogen functional groups attached to an aromatic ring is 1. The summed E-state index contributed by atoms with van der Waals surface area (Å²) in [5.74, 6) is 1.19. The van der Waals surface area contributed by atoms with Crippen molar-refractivity contribution in [2.45, 2.75) is 12.8 Å². The van der Waals surface area contributed by atoms with Gasteiger partial charge in [-0.15, -0.1) is 0 Å². The fourth-order valence-electron chi connectivity index (χ4n) is 1.53. The highest BCUT2D eigenvalue weighted by atomic mass is 16.5. The van der Waals surface area contributed by atoms with Crippen LogP contribution < -0.4 is 15.8 Å². The van der Waals surface area contributed by atoms with E-state index in [0.29, 0.717) is 36.8 Å². The molecule has 1 aromatic carbocycles. The molecule has 1 heterocycles. The quantitative estimate of drug-likeness (QED) is 0.724. The summed E-state index contributed by atoms with van der Waals surface area (Å²) in [7, 11) is 0. The molecule has 2 aromatic rings. The van der Waals surface area contributed by atoms with E-state index in [1.807, 2.05) is 0 Å². The third kappa shape index (κ3) is 4.60. The average Bonchev–Trinajstić information content (AvgIpc) is 2.94. The lowest BCUT2D eigenvalue weighted by molar-refractivity contribution is -0.121. The monoisotopic (exact) mass is 276 g/mol. The van der Waals surface area contributed by atoms with Gasteiger partial charge < -0.3 is 20.3 Å². The second-order valence-electron chi connectivity index (χ2n) is 4.11. The molecule has 0 unspecified atom stereocenters. The highest BCUT2D eigenvalue weighted by Gasteiger charge is 2.03. The van der Waals surface area contributed by atoms with Gasteiger partial charge in [0.05, 0.1) is 13.0 Å². The Kier molecular flexibility index (Phi) is 4.94. The van der Waals surface area contributed by atoms with E-state index in [2.05, 4.69) is 20.0 Å². The normalized spacial score (nSPS) is 10.2. The molecule has 1 amide bonds. The van der Waals surface area contributed by atoms with Crippen LogP contribution >= 0.6 is 0 Å². The first kappa shape index (κ1) is 13.9. The molecule has 0 aliphatic carbocycles. The van der Waals surface area contributed by atoms with E-state index in [4.69, 9.17) is 10.5 Å². The van der Waals surface area contributed by atoms with Gasteiger partial charge in [0.2, 0.25) is 12.3 Å². The molecular formula is C13H16N4O3. The Balaban J connectivity index is 1.59. The molecule has 0 radical (unpaired) electrons. The van der Waals surface area contributed by atoms with Crippen LogP contribution in [-0.2, 0) is 11.2 Å². The van der Waals surface area contributed by atoms with Gasteiger partial charge in [0, 0.05) is 18.7 Å². The van der Waals surface area contributed by atoms with Crippen LogP contribution in [0.4, 0.5) is 5.69 Å². The van der Waals surface area contributed by atoms with E-state index < -0.39 is 0 Å². The molecule has 0 fully saturated rings. The van der Waals surface area contributed by atoms with Crippen molar-refractivity contribution in [1.29, 1.82) is 0 Å². The molecular weight excluding hydrogens is 260 g/mol. The lowest BCUT2D eigenvalue weighted by Gasteiger charge is -2.06. The lowest BCUT2D eigenvalue weighted by Crippen LogP contribution is -2.27. The van der Waals surface area contributed by atoms with Crippen LogP contribution in [0.25, 0.3) is 0 Å². The van der Waals surface area contributed by atoms with Crippen molar-refractivity contribution in [2.75, 3.05) is 18.9 Å². The second-order valence-corrected chi connectivity index (χ2v) is 4.11. The van der Waals surface area contributed by atoms with E-state index in [-0.39, 0.29) is 12.3 Å². The second kappa shape index (κ2) is 7.13. The number of rotatable bonds is 7. The van der Waals surface area contributed by atoms with Gasteiger partial charge in [-0.05, 0) is 24.3 Å². The maximum absolute atomic E-state index is 11.5. The lowest BCUT2D eigenvalue weighted by atomic mass is 10.3. The van der Waals surface area contributed by atoms with Crippen molar-refractivity contribution in [3.63, 3.8) is 0 Å². The van der Waals surface area contributed by atoms with Crippen LogP contribution in [0.2, 0.25) is 0 Å². The zero-order valence-electron chi connectivity index (χ0n) is 10.9. The van der Waals surface area contributed by atoms with Gasteiger partial charge in [0.25, 0.3) is 0 Å². The molecule has 0 atom stereocenters. The van der Waals surface area contributed by atoms with Crippen LogP contribution in [0.5, 0.6) is 5.75 Å². The summed E-state index contributed by atoms with van der Waals surface area (Å²) in [4.78, 5) is 15.4. The molecule has 20 heavy (non-hydrogen) atoms. The number of nitrogens with one attached hydrogen (secondary N) is 1. The molecule has 7 heteroatoms. The fraction of sp³-hybridized carbons (Fsp3) is 0.308. The summed E-state index contributed by atoms with van der Waals surface area (Å²) in [6.07, 6.45) is 2.09. The first-order valence-electron chi connectivity index (χ1n) is 6.24. The summed E-state index contributed by atoms with van der Waals surface area (Å²) in [6.45, 7) is 0.790. The van der Waals surface area contributed by atoms with Crippen molar-refractivity contribution in [1.82, 2.24) is 15.5 Å². The third-order valence-electron chi connectivity index (χ3n) is 2.56. The predicted molar refractivity (Wildman–Crippen MR) is 72.0 cm³/mol. The highest BCUT2D eigenvalue weighted by molar-refractivity contribution is 5.75. The van der Waals surface area contributed by atoms with Crippen LogP contribution in [0.1, 0.15) is 12.2 Å². The minimum absolute atomic E-state index is 0.0797. The van der Waals surface area contributed by atoms with Gasteiger partial charge in [-0.3, -0.25) is 4.79 Å². The Bertz CT molecular complexity index is 525. The van der Waals surface area contributed by atoms with Crippen molar-refractivity contribution in [3.8, 4) is 5.75 Å². The van der Waals surface area contributed by atoms with Gasteiger partial charge >= 0.3 is 0 Å². The van der Waals surface area contributed by atoms with E-state index in [1.165, 1.54) is 6.39 Å². The third-order valence-corrected chi connectivity index (χ3v) is 2.56. The van der Waals surface area contributed by atoms with Gasteiger partial charge in [0.15, 0.2) is 5.82 Å². The molecule has 0 saturated carbocycles. The molecule has 7 nitrogen and oxygen atoms in total. The van der Waals surface area contributed by atoms with Crippen molar-refractivity contribution >= 4 is 11.6 Å². The number of ether oxygens (including phenoxy) is 1. The number of benzene rings is 1. The predicted octanol–water partition coefficient (Wildman–Crippen LogP) is 0.780. The summed E-state index contributed by atoms with van der Waals surface area (Å²) < 4.78 is 10.0. The van der Waals surface area contributed by atoms with E-state index in [0.717, 1.165) is 0 Å². The Morgan fingerprint density at radius 1 is 1.35 bits per heavy atom. The van der Waals surface area contributed by atoms with E-state index >= 15 is 0 Å². The number of carbonyl (C=O) groups is 1. The smallest absolute Gasteiger partial charge is 0.223 e. The number of nitrogens with two attached hydrogens (primary N) is 1. The largest absolute Gasteiger partial charge is 0.493 e. The van der Waals surface area contributed by atoms with Crippen LogP contribution in [0, 0.1) is 0 Å². The zero-order valence-corrected chi connectivity index (χ0v) is 10.9. The summed E-state index contributed by atoms with van der Waals surface area (Å²) in [6, 6.07) is 7.04. The fourth-order valence-corrected chi connectivity index (χ4v) is 1.53. The maximum Gasteiger partial charge on any atom is 0.223 e. The number of carbonyl (C=O) groups excluding carboxylic acids is 1. The first-order chi connectivity index (χ1) is 9.74. The zero-order chi connectivity index (χ0) is 14.2. The van der Waals surface area contributed by atoms with Gasteiger partial charge in [0.1, 0.15) is 5.75 Å². The molecule has 0 bridgehead atoms. The average molecular weight is 276 g/mol. The molecule has 2 rings (SSSR count). The van der Waals surface area contributed by atoms with Gasteiger partial charge in [-0.2, -0.15) is 4.98 Å². The van der Waals surface area contributed by atoms with Crippen molar-refractivity contribution in [2.24, 2.45) is 0 Å². The van der Waals surface area contributed by atoms with Crippen LogP contribution in [0.3, 0.4) is 0 Å². The van der Waals surface area contributed by atoms with Gasteiger partial charge in [-0.1, -0.05) is 5.16 Å². The topological polar surface area (TPSA) is 103 Å². The number of hydrogen-bond donors (Lipinski definition) is 2. The number of hydrogen-bond acceptors (Lipinski definition) is 6. The van der Waals surface area contributed by atoms with Crippen LogP contribution in [-0.4, -0.2) is 29.2 Å². The molecule has 106 valence electrons. The summed E-state index contributed by atoms with van der Waals surface area (Å²) in [5, 5.41) is 6.41. The van der Waals surface area contributed by atoms with E-state index in [1.54, 1.807) is 24.3 Å². The Hall–Kier alpha value is -2.57. The molecule has 0 spiro atoms. The Morgan fingerprint density at radius 3 is 2.85 bits per heavy atom. The maximum atomic E-state index is 11.5. The Morgan fingerprint density at radius 2 is 2.15 bits per heavy atom. The number of anilines is 1. The van der Waals surface area contributed by atoms with Crippen LogP contribution in [0.15, 0.2) is 35.2 Å². The van der Waals surface area contributed by atoms with E-state index in [9.17, 15) is 4.79 Å². The van der Waals surface area contributed by atoms with Gasteiger partial charge in [-0.25, -0.2) is 0 Å². The SMILES string of the molecule is Nc1ccc(OCCC(=O)NCCc2ncon2)cc1. The summed E-state index contributed by atoms with van der Waals surface area (Å²) in [5.41, 5.74) is 6.24. The molecule has 3 N–H and O–H groups in total. The highest BCUT2D eigenvalue weighted by Crippen LogP contribution is 2.12. The minimum Gasteiger partial charge on any atom is -0.493 e. The van der Waals surface area contributed by atoms with Crippen molar-refractivity contribution < 1.29 is 14.1 Å². The Labute approximate surface area is 116 Å². The number of amides is 1. The summed E-state index contributed by atoms with van der Waals surface area (Å²) >= 11 is 0. The molecule has 0 aliphatic heterocycles. The number of nitrogens with zero attached hydrogens (tertiary/aromatic N) is 2. The van der Waals surface area contributed by atoms with Crippen molar-refractivity contribution in [3.05, 3.63) is 36.5 Å². The first-order valence-corrected chi connectivity index (χ1v) is 6.24. The minimum atomic E-state index is -0.0797.